The Bertz CT molecular complexity index is 501. The number of hydrogen-bond donors (Lipinski definition) is 1. The Kier molecular flexibility index (Phi) is 5.13. The van der Waals surface area contributed by atoms with Crippen LogP contribution in [0.1, 0.15) is 13.0 Å². The molecule has 1 aromatic rings. The fourth-order valence-corrected chi connectivity index (χ4v) is 1.69. The number of carbonyl (C=O) groups is 1. The lowest BCUT2D eigenvalue weighted by molar-refractivity contribution is -0.123. The number of amides is 1. The van der Waals surface area contributed by atoms with Crippen molar-refractivity contribution in [2.75, 3.05) is 6.54 Å². The van der Waals surface area contributed by atoms with Gasteiger partial charge in [0.05, 0.1) is 6.33 Å². The second-order valence-electron chi connectivity index (χ2n) is 3.27. The third-order valence-electron chi connectivity index (χ3n) is 2.12. The van der Waals surface area contributed by atoms with E-state index in [1.54, 1.807) is 35.6 Å². The predicted molar refractivity (Wildman–Crippen MR) is 74.1 cm³/mol. The molecular weight excluding hydrogens is 356 g/mol. The van der Waals surface area contributed by atoms with Crippen LogP contribution in [0.4, 0.5) is 0 Å². The second kappa shape index (κ2) is 6.15. The molecule has 1 heterocycles. The largest absolute Gasteiger partial charge is 0.351 e. The topological polar surface area (TPSA) is 64.0 Å². The Morgan fingerprint density at radius 1 is 1.82 bits per heavy atom. The number of hydrogen-bond acceptors (Lipinski definition) is 3. The molecule has 0 aliphatic rings. The minimum absolute atomic E-state index is 0.144. The summed E-state index contributed by atoms with van der Waals surface area (Å²) in [6.45, 7) is 5.47. The van der Waals surface area contributed by atoms with E-state index in [2.05, 4.69) is 16.9 Å². The highest BCUT2D eigenvalue weighted by atomic mass is 127. The highest BCUT2D eigenvalue weighted by Gasteiger charge is 2.17. The van der Waals surface area contributed by atoms with Crippen molar-refractivity contribution in [1.82, 2.24) is 14.9 Å². The average Bonchev–Trinajstić information content (AvgIpc) is 2.32. The fraction of sp³-hybridized carbons (Fsp3) is 0.300. The van der Waals surface area contributed by atoms with Crippen LogP contribution in [0.15, 0.2) is 23.8 Å². The second-order valence-corrected chi connectivity index (χ2v) is 4.71. The van der Waals surface area contributed by atoms with Crippen LogP contribution in [-0.2, 0) is 4.79 Å². The van der Waals surface area contributed by atoms with Crippen molar-refractivity contribution in [1.29, 1.82) is 0 Å². The van der Waals surface area contributed by atoms with E-state index in [-0.39, 0.29) is 16.6 Å². The Morgan fingerprint density at radius 3 is 3.06 bits per heavy atom. The lowest BCUT2D eigenvalue weighted by Crippen LogP contribution is -2.36. The molecule has 1 unspecified atom stereocenters. The monoisotopic (exact) mass is 367 g/mol. The van der Waals surface area contributed by atoms with E-state index in [9.17, 15) is 9.59 Å². The molecule has 1 amide bonds. The van der Waals surface area contributed by atoms with Gasteiger partial charge in [0.15, 0.2) is 0 Å². The zero-order valence-electron chi connectivity index (χ0n) is 9.11. The van der Waals surface area contributed by atoms with Gasteiger partial charge in [0.25, 0.3) is 5.56 Å². The molecule has 0 fully saturated rings. The maximum Gasteiger partial charge on any atom is 0.269 e. The van der Waals surface area contributed by atoms with Crippen LogP contribution in [-0.4, -0.2) is 22.0 Å². The molecule has 0 aliphatic heterocycles. The predicted octanol–water partition coefficient (Wildman–Crippen LogP) is 1.36. The number of rotatable bonds is 4. The molecule has 1 atom stereocenters. The summed E-state index contributed by atoms with van der Waals surface area (Å²) in [6.07, 6.45) is 2.84. The number of aromatic nitrogens is 2. The molecule has 1 N–H and O–H groups in total. The molecule has 0 aliphatic carbocycles. The molecular formula is C10H11ClIN3O2. The van der Waals surface area contributed by atoms with Gasteiger partial charge in [-0.15, -0.1) is 6.58 Å². The van der Waals surface area contributed by atoms with Crippen molar-refractivity contribution in [3.63, 3.8) is 0 Å². The van der Waals surface area contributed by atoms with Crippen molar-refractivity contribution in [3.8, 4) is 0 Å². The zero-order valence-corrected chi connectivity index (χ0v) is 12.0. The minimum atomic E-state index is -0.638. The number of halogens is 2. The Morgan fingerprint density at radius 2 is 2.47 bits per heavy atom. The SMILES string of the molecule is C=CCNC(=O)C(C)n1cnc(Cl)c(I)c1=O. The summed E-state index contributed by atoms with van der Waals surface area (Å²) in [5.74, 6) is -0.271. The summed E-state index contributed by atoms with van der Waals surface area (Å²) >= 11 is 7.51. The molecule has 17 heavy (non-hydrogen) atoms. The highest BCUT2D eigenvalue weighted by molar-refractivity contribution is 14.1. The highest BCUT2D eigenvalue weighted by Crippen LogP contribution is 2.11. The summed E-state index contributed by atoms with van der Waals surface area (Å²) in [5, 5.41) is 2.76. The summed E-state index contributed by atoms with van der Waals surface area (Å²) in [6, 6.07) is -0.638. The van der Waals surface area contributed by atoms with Crippen molar-refractivity contribution in [2.45, 2.75) is 13.0 Å². The van der Waals surface area contributed by atoms with E-state index in [1.807, 2.05) is 0 Å². The molecule has 5 nitrogen and oxygen atoms in total. The molecule has 92 valence electrons. The van der Waals surface area contributed by atoms with Crippen LogP contribution in [0, 0.1) is 3.57 Å². The standard InChI is InChI=1S/C10H11ClIN3O2/c1-3-4-13-9(16)6(2)15-5-14-8(11)7(12)10(15)17/h3,5-6H,1,4H2,2H3,(H,13,16). The van der Waals surface area contributed by atoms with Gasteiger partial charge in [0.1, 0.15) is 14.8 Å². The lowest BCUT2D eigenvalue weighted by atomic mass is 10.3. The van der Waals surface area contributed by atoms with Crippen molar-refractivity contribution in [2.24, 2.45) is 0 Å². The number of carbonyl (C=O) groups excluding carboxylic acids is 1. The molecule has 0 saturated heterocycles. The molecule has 0 spiro atoms. The molecule has 0 radical (unpaired) electrons. The van der Waals surface area contributed by atoms with Gasteiger partial charge in [-0.05, 0) is 29.5 Å². The first kappa shape index (κ1) is 14.2. The van der Waals surface area contributed by atoms with Gasteiger partial charge in [-0.3, -0.25) is 14.2 Å². The minimum Gasteiger partial charge on any atom is -0.351 e. The summed E-state index contributed by atoms with van der Waals surface area (Å²) < 4.78 is 1.54. The lowest BCUT2D eigenvalue weighted by Gasteiger charge is -2.14. The van der Waals surface area contributed by atoms with Gasteiger partial charge in [0.2, 0.25) is 5.91 Å². The number of nitrogens with one attached hydrogen (secondary N) is 1. The van der Waals surface area contributed by atoms with Crippen molar-refractivity contribution < 1.29 is 4.79 Å². The van der Waals surface area contributed by atoms with E-state index in [0.29, 0.717) is 10.1 Å². The molecule has 7 heteroatoms. The first-order valence-electron chi connectivity index (χ1n) is 4.79. The first-order chi connectivity index (χ1) is 7.99. The normalized spacial score (nSPS) is 11.9. The first-order valence-corrected chi connectivity index (χ1v) is 6.25. The van der Waals surface area contributed by atoms with Gasteiger partial charge >= 0.3 is 0 Å². The van der Waals surface area contributed by atoms with E-state index >= 15 is 0 Å². The van der Waals surface area contributed by atoms with Crippen molar-refractivity contribution >= 4 is 40.1 Å². The quantitative estimate of drug-likeness (QED) is 0.497. The van der Waals surface area contributed by atoms with E-state index in [0.717, 1.165) is 0 Å². The van der Waals surface area contributed by atoms with Crippen LogP contribution in [0.5, 0.6) is 0 Å². The molecule has 0 saturated carbocycles. The zero-order chi connectivity index (χ0) is 13.0. The van der Waals surface area contributed by atoms with Gasteiger partial charge < -0.3 is 5.32 Å². The summed E-state index contributed by atoms with van der Waals surface area (Å²) in [5.41, 5.74) is -0.327. The van der Waals surface area contributed by atoms with Crippen molar-refractivity contribution in [3.05, 3.63) is 38.1 Å². The van der Waals surface area contributed by atoms with E-state index in [4.69, 9.17) is 11.6 Å². The summed E-state index contributed by atoms with van der Waals surface area (Å²) in [7, 11) is 0. The molecule has 0 aromatic carbocycles. The van der Waals surface area contributed by atoms with Crippen LogP contribution in [0.2, 0.25) is 5.15 Å². The van der Waals surface area contributed by atoms with Crippen LogP contribution >= 0.6 is 34.2 Å². The van der Waals surface area contributed by atoms with Crippen LogP contribution < -0.4 is 10.9 Å². The van der Waals surface area contributed by atoms with Crippen LogP contribution in [0.3, 0.4) is 0 Å². The Labute approximate surface area is 117 Å². The van der Waals surface area contributed by atoms with Gasteiger partial charge in [-0.2, -0.15) is 0 Å². The van der Waals surface area contributed by atoms with E-state index in [1.165, 1.54) is 10.9 Å². The van der Waals surface area contributed by atoms with Gasteiger partial charge in [-0.25, -0.2) is 4.98 Å². The number of nitrogens with zero attached hydrogens (tertiary/aromatic N) is 2. The van der Waals surface area contributed by atoms with Gasteiger partial charge in [-0.1, -0.05) is 17.7 Å². The van der Waals surface area contributed by atoms with Gasteiger partial charge in [0, 0.05) is 6.54 Å². The molecule has 0 bridgehead atoms. The Balaban J connectivity index is 3.01. The van der Waals surface area contributed by atoms with Crippen LogP contribution in [0.25, 0.3) is 0 Å². The maximum atomic E-state index is 11.8. The Hall–Kier alpha value is -0.890. The molecule has 1 aromatic heterocycles. The maximum absolute atomic E-state index is 11.8. The third kappa shape index (κ3) is 3.29. The fourth-order valence-electron chi connectivity index (χ4n) is 1.15. The molecule has 1 rings (SSSR count). The van der Waals surface area contributed by atoms with E-state index < -0.39 is 6.04 Å². The smallest absolute Gasteiger partial charge is 0.269 e. The average molecular weight is 368 g/mol. The summed E-state index contributed by atoms with van der Waals surface area (Å²) in [4.78, 5) is 27.4. The third-order valence-corrected chi connectivity index (χ3v) is 3.69.